The second kappa shape index (κ2) is 8.75. The SMILES string of the molecule is CCCn1nc(C(=O)N2CCN(CC(=O)c3ccc(F)cc3)CC2)c2ccccc21. The molecule has 156 valence electrons. The summed E-state index contributed by atoms with van der Waals surface area (Å²) in [5, 5.41) is 5.47. The zero-order valence-electron chi connectivity index (χ0n) is 17.1. The largest absolute Gasteiger partial charge is 0.335 e. The van der Waals surface area contributed by atoms with Gasteiger partial charge in [0.05, 0.1) is 12.1 Å². The van der Waals surface area contributed by atoms with Gasteiger partial charge in [0.25, 0.3) is 5.91 Å². The summed E-state index contributed by atoms with van der Waals surface area (Å²) in [6.45, 7) is 5.45. The Morgan fingerprint density at radius 3 is 2.40 bits per heavy atom. The van der Waals surface area contributed by atoms with Crippen molar-refractivity contribution in [2.75, 3.05) is 32.7 Å². The van der Waals surface area contributed by atoms with Crippen LogP contribution in [-0.2, 0) is 6.54 Å². The molecule has 0 aliphatic carbocycles. The van der Waals surface area contributed by atoms with Crippen LogP contribution >= 0.6 is 0 Å². The molecule has 0 bridgehead atoms. The lowest BCUT2D eigenvalue weighted by Crippen LogP contribution is -2.50. The number of carbonyl (C=O) groups is 2. The number of rotatable bonds is 6. The van der Waals surface area contributed by atoms with Crippen molar-refractivity contribution in [2.45, 2.75) is 19.9 Å². The minimum Gasteiger partial charge on any atom is -0.335 e. The third-order valence-corrected chi connectivity index (χ3v) is 5.49. The van der Waals surface area contributed by atoms with Crippen LogP contribution in [0, 0.1) is 5.82 Å². The van der Waals surface area contributed by atoms with E-state index in [1.807, 2.05) is 38.7 Å². The van der Waals surface area contributed by atoms with Crippen molar-refractivity contribution in [1.29, 1.82) is 0 Å². The fraction of sp³-hybridized carbons (Fsp3) is 0.348. The van der Waals surface area contributed by atoms with Gasteiger partial charge in [-0.15, -0.1) is 0 Å². The van der Waals surface area contributed by atoms with E-state index in [9.17, 15) is 14.0 Å². The molecule has 1 amide bonds. The van der Waals surface area contributed by atoms with E-state index in [2.05, 4.69) is 12.0 Å². The predicted molar refractivity (Wildman–Crippen MR) is 113 cm³/mol. The quantitative estimate of drug-likeness (QED) is 0.588. The first-order chi connectivity index (χ1) is 14.6. The monoisotopic (exact) mass is 408 g/mol. The summed E-state index contributed by atoms with van der Waals surface area (Å²) < 4.78 is 14.9. The Hall–Kier alpha value is -3.06. The standard InChI is InChI=1S/C23H25FN4O2/c1-2-11-28-20-6-4-3-5-19(20)22(25-28)23(30)27-14-12-26(13-15-27)16-21(29)17-7-9-18(24)10-8-17/h3-10H,2,11-16H2,1H3. The van der Waals surface area contributed by atoms with Gasteiger partial charge < -0.3 is 4.90 Å². The predicted octanol–water partition coefficient (Wildman–Crippen LogP) is 3.23. The van der Waals surface area contributed by atoms with Gasteiger partial charge in [0.2, 0.25) is 0 Å². The van der Waals surface area contributed by atoms with Crippen LogP contribution in [0.3, 0.4) is 0 Å². The van der Waals surface area contributed by atoms with Crippen LogP contribution in [0.4, 0.5) is 4.39 Å². The molecule has 1 aliphatic heterocycles. The number of amides is 1. The third kappa shape index (κ3) is 4.11. The number of aryl methyl sites for hydroxylation is 1. The second-order valence-corrected chi connectivity index (χ2v) is 7.59. The van der Waals surface area contributed by atoms with Gasteiger partial charge in [-0.2, -0.15) is 5.10 Å². The number of halogens is 1. The van der Waals surface area contributed by atoms with E-state index in [4.69, 9.17) is 0 Å². The smallest absolute Gasteiger partial charge is 0.275 e. The van der Waals surface area contributed by atoms with E-state index >= 15 is 0 Å². The zero-order valence-corrected chi connectivity index (χ0v) is 17.1. The van der Waals surface area contributed by atoms with Crippen LogP contribution in [0.15, 0.2) is 48.5 Å². The Kier molecular flexibility index (Phi) is 5.90. The first kappa shape index (κ1) is 20.2. The number of nitrogens with zero attached hydrogens (tertiary/aromatic N) is 4. The molecule has 1 saturated heterocycles. The van der Waals surface area contributed by atoms with Crippen LogP contribution in [0.5, 0.6) is 0 Å². The van der Waals surface area contributed by atoms with E-state index in [1.165, 1.54) is 24.3 Å². The lowest BCUT2D eigenvalue weighted by atomic mass is 10.1. The van der Waals surface area contributed by atoms with Crippen LogP contribution in [0.2, 0.25) is 0 Å². The van der Waals surface area contributed by atoms with E-state index in [0.717, 1.165) is 23.9 Å². The highest BCUT2D eigenvalue weighted by Gasteiger charge is 2.27. The molecule has 30 heavy (non-hydrogen) atoms. The number of piperazine rings is 1. The number of hydrogen-bond acceptors (Lipinski definition) is 4. The van der Waals surface area contributed by atoms with Crippen LogP contribution in [0.1, 0.15) is 34.2 Å². The summed E-state index contributed by atoms with van der Waals surface area (Å²) in [4.78, 5) is 29.4. The summed E-state index contributed by atoms with van der Waals surface area (Å²) >= 11 is 0. The third-order valence-electron chi connectivity index (χ3n) is 5.49. The van der Waals surface area contributed by atoms with Gasteiger partial charge in [-0.25, -0.2) is 4.39 Å². The Morgan fingerprint density at radius 1 is 1.00 bits per heavy atom. The van der Waals surface area contributed by atoms with E-state index in [0.29, 0.717) is 37.4 Å². The molecule has 0 unspecified atom stereocenters. The van der Waals surface area contributed by atoms with Crippen molar-refractivity contribution in [1.82, 2.24) is 19.6 Å². The molecule has 0 saturated carbocycles. The molecule has 1 aromatic heterocycles. The van der Waals surface area contributed by atoms with Crippen LogP contribution < -0.4 is 0 Å². The number of ketones is 1. The second-order valence-electron chi connectivity index (χ2n) is 7.59. The molecule has 4 rings (SSSR count). The Bertz CT molecular complexity index is 1050. The molecule has 7 heteroatoms. The minimum atomic E-state index is -0.354. The maximum absolute atomic E-state index is 13.1. The van der Waals surface area contributed by atoms with Gasteiger partial charge in [-0.3, -0.25) is 19.2 Å². The number of para-hydroxylation sites is 1. The molecule has 2 aromatic carbocycles. The molecule has 0 spiro atoms. The molecule has 1 aliphatic rings. The molecule has 2 heterocycles. The van der Waals surface area contributed by atoms with Crippen molar-refractivity contribution in [2.24, 2.45) is 0 Å². The molecular weight excluding hydrogens is 383 g/mol. The van der Waals surface area contributed by atoms with Gasteiger partial charge in [0, 0.05) is 43.7 Å². The summed E-state index contributed by atoms with van der Waals surface area (Å²) in [7, 11) is 0. The van der Waals surface area contributed by atoms with Gasteiger partial charge in [0.1, 0.15) is 5.82 Å². The molecule has 0 atom stereocenters. The maximum atomic E-state index is 13.1. The summed E-state index contributed by atoms with van der Waals surface area (Å²) in [6.07, 6.45) is 0.945. The minimum absolute atomic E-state index is 0.0425. The van der Waals surface area contributed by atoms with Crippen molar-refractivity contribution in [3.05, 3.63) is 65.6 Å². The summed E-state index contributed by atoms with van der Waals surface area (Å²) in [5.74, 6) is -0.461. The van der Waals surface area contributed by atoms with E-state index < -0.39 is 0 Å². The highest BCUT2D eigenvalue weighted by atomic mass is 19.1. The number of hydrogen-bond donors (Lipinski definition) is 0. The van der Waals surface area contributed by atoms with Crippen LogP contribution in [0.25, 0.3) is 10.9 Å². The fourth-order valence-corrected chi connectivity index (χ4v) is 3.86. The number of carbonyl (C=O) groups excluding carboxylic acids is 2. The highest BCUT2D eigenvalue weighted by Crippen LogP contribution is 2.21. The number of aromatic nitrogens is 2. The zero-order chi connectivity index (χ0) is 21.1. The average molecular weight is 408 g/mol. The molecular formula is C23H25FN4O2. The van der Waals surface area contributed by atoms with Crippen LogP contribution in [-0.4, -0.2) is 64.0 Å². The Morgan fingerprint density at radius 2 is 1.70 bits per heavy atom. The number of benzene rings is 2. The first-order valence-electron chi connectivity index (χ1n) is 10.3. The van der Waals surface area contributed by atoms with Crippen molar-refractivity contribution >= 4 is 22.6 Å². The van der Waals surface area contributed by atoms with Gasteiger partial charge in [-0.05, 0) is 36.8 Å². The molecule has 3 aromatic rings. The van der Waals surface area contributed by atoms with Gasteiger partial charge >= 0.3 is 0 Å². The Labute approximate surface area is 174 Å². The molecule has 0 radical (unpaired) electrons. The first-order valence-corrected chi connectivity index (χ1v) is 10.3. The average Bonchev–Trinajstić information content (AvgIpc) is 3.13. The topological polar surface area (TPSA) is 58.4 Å². The van der Waals surface area contributed by atoms with Crippen molar-refractivity contribution in [3.8, 4) is 0 Å². The van der Waals surface area contributed by atoms with Crippen molar-refractivity contribution in [3.63, 3.8) is 0 Å². The number of fused-ring (bicyclic) bond motifs is 1. The molecule has 0 N–H and O–H groups in total. The van der Waals surface area contributed by atoms with E-state index in [1.54, 1.807) is 0 Å². The summed E-state index contributed by atoms with van der Waals surface area (Å²) in [5.41, 5.74) is 1.98. The fourth-order valence-electron chi connectivity index (χ4n) is 3.86. The van der Waals surface area contributed by atoms with Crippen molar-refractivity contribution < 1.29 is 14.0 Å². The lowest BCUT2D eigenvalue weighted by molar-refractivity contribution is 0.0620. The number of Topliss-reactive ketones (excluding diaryl/α,β-unsaturated/α-hetero) is 1. The Balaban J connectivity index is 1.41. The molecule has 1 fully saturated rings. The molecule has 6 nitrogen and oxygen atoms in total. The van der Waals surface area contributed by atoms with Gasteiger partial charge in [-0.1, -0.05) is 25.1 Å². The highest BCUT2D eigenvalue weighted by molar-refractivity contribution is 6.05. The normalized spacial score (nSPS) is 14.9. The maximum Gasteiger partial charge on any atom is 0.275 e. The van der Waals surface area contributed by atoms with E-state index in [-0.39, 0.29) is 24.1 Å². The summed E-state index contributed by atoms with van der Waals surface area (Å²) in [6, 6.07) is 13.4. The van der Waals surface area contributed by atoms with Gasteiger partial charge in [0.15, 0.2) is 11.5 Å². The lowest BCUT2D eigenvalue weighted by Gasteiger charge is -2.34.